The van der Waals surface area contributed by atoms with E-state index in [0.29, 0.717) is 22.7 Å². The maximum Gasteiger partial charge on any atom is 0.262 e. The van der Waals surface area contributed by atoms with E-state index in [-0.39, 0.29) is 18.0 Å². The van der Waals surface area contributed by atoms with Crippen molar-refractivity contribution < 1.29 is 4.79 Å². The minimum absolute atomic E-state index is 0.0972. The summed E-state index contributed by atoms with van der Waals surface area (Å²) >= 11 is 2.97. The lowest BCUT2D eigenvalue weighted by molar-refractivity contribution is -0.116. The topological polar surface area (TPSA) is 87.8 Å². The lowest BCUT2D eigenvalue weighted by Gasteiger charge is -2.17. The van der Waals surface area contributed by atoms with Crippen LogP contribution in [0, 0.1) is 17.2 Å². The first-order valence-electron chi connectivity index (χ1n) is 9.45. The van der Waals surface area contributed by atoms with Gasteiger partial charge in [0.1, 0.15) is 11.4 Å². The molecule has 1 N–H and O–H groups in total. The third-order valence-electron chi connectivity index (χ3n) is 5.05. The summed E-state index contributed by atoms with van der Waals surface area (Å²) in [4.78, 5) is 32.9. The monoisotopic (exact) mass is 424 g/mol. The minimum atomic E-state index is -0.295. The van der Waals surface area contributed by atoms with E-state index in [9.17, 15) is 9.59 Å². The first-order valence-corrected chi connectivity index (χ1v) is 11.3. The van der Waals surface area contributed by atoms with Crippen LogP contribution in [0.15, 0.2) is 40.3 Å². The number of carbonyl (C=O) groups excluding carboxylic acids is 1. The van der Waals surface area contributed by atoms with Crippen LogP contribution >= 0.6 is 23.1 Å². The molecule has 1 aliphatic rings. The molecule has 0 bridgehead atoms. The third kappa shape index (κ3) is 4.07. The number of para-hydroxylation sites is 1. The molecule has 0 saturated heterocycles. The van der Waals surface area contributed by atoms with Gasteiger partial charge in [-0.1, -0.05) is 19.1 Å². The largest absolute Gasteiger partial charge is 0.324 e. The summed E-state index contributed by atoms with van der Waals surface area (Å²) in [6, 6.07) is 9.41. The highest BCUT2D eigenvalue weighted by atomic mass is 32.2. The predicted octanol–water partition coefficient (Wildman–Crippen LogP) is 3.84. The summed E-state index contributed by atoms with van der Waals surface area (Å²) in [5.74, 6) is 0.632. The van der Waals surface area contributed by atoms with Crippen LogP contribution in [-0.2, 0) is 24.2 Å². The Morgan fingerprint density at radius 1 is 1.45 bits per heavy atom. The van der Waals surface area contributed by atoms with Gasteiger partial charge in [0.05, 0.1) is 29.2 Å². The number of hydrogen-bond acceptors (Lipinski definition) is 6. The fourth-order valence-corrected chi connectivity index (χ4v) is 5.64. The lowest BCUT2D eigenvalue weighted by Crippen LogP contribution is -2.28. The number of nitriles is 1. The van der Waals surface area contributed by atoms with Crippen LogP contribution < -0.4 is 10.9 Å². The van der Waals surface area contributed by atoms with Crippen LogP contribution in [0.4, 0.5) is 5.69 Å². The van der Waals surface area contributed by atoms with E-state index in [1.54, 1.807) is 17.4 Å². The van der Waals surface area contributed by atoms with Crippen molar-refractivity contribution in [3.8, 4) is 6.07 Å². The molecule has 0 saturated carbocycles. The molecule has 1 unspecified atom stereocenters. The molecule has 4 rings (SSSR count). The molecular weight excluding hydrogens is 404 g/mol. The first kappa shape index (κ1) is 19.7. The van der Waals surface area contributed by atoms with E-state index < -0.39 is 0 Å². The summed E-state index contributed by atoms with van der Waals surface area (Å²) < 4.78 is 1.38. The van der Waals surface area contributed by atoms with Crippen LogP contribution in [0.2, 0.25) is 0 Å². The fraction of sp³-hybridized carbons (Fsp3) is 0.333. The first-order chi connectivity index (χ1) is 14.1. The van der Waals surface area contributed by atoms with Crippen LogP contribution in [0.25, 0.3) is 10.2 Å². The van der Waals surface area contributed by atoms with Gasteiger partial charge in [-0.05, 0) is 42.9 Å². The van der Waals surface area contributed by atoms with E-state index in [1.807, 2.05) is 18.2 Å². The molecule has 8 heteroatoms. The average Bonchev–Trinajstić information content (AvgIpc) is 3.07. The molecular formula is C21H20N4O2S2. The van der Waals surface area contributed by atoms with Crippen molar-refractivity contribution in [1.29, 1.82) is 5.26 Å². The number of aromatic nitrogens is 2. The molecule has 0 spiro atoms. The molecule has 3 aromatic rings. The second-order valence-electron chi connectivity index (χ2n) is 7.20. The normalized spacial score (nSPS) is 15.7. The number of nitrogens with one attached hydrogen (secondary N) is 1. The number of aryl methyl sites for hydroxylation is 1. The highest BCUT2D eigenvalue weighted by molar-refractivity contribution is 7.99. The molecule has 2 heterocycles. The van der Waals surface area contributed by atoms with Gasteiger partial charge in [-0.3, -0.25) is 14.2 Å². The van der Waals surface area contributed by atoms with E-state index >= 15 is 0 Å². The third-order valence-corrected chi connectivity index (χ3v) is 7.15. The molecule has 1 atom stereocenters. The van der Waals surface area contributed by atoms with Crippen LogP contribution in [0.5, 0.6) is 0 Å². The zero-order chi connectivity index (χ0) is 20.4. The maximum absolute atomic E-state index is 13.0. The maximum atomic E-state index is 13.0. The minimum Gasteiger partial charge on any atom is -0.324 e. The second-order valence-corrected chi connectivity index (χ2v) is 9.30. The zero-order valence-electron chi connectivity index (χ0n) is 16.0. The molecule has 148 valence electrons. The van der Waals surface area contributed by atoms with E-state index in [4.69, 9.17) is 5.26 Å². The molecule has 1 amide bonds. The summed E-state index contributed by atoms with van der Waals surface area (Å²) in [5, 5.41) is 12.3. The van der Waals surface area contributed by atoms with Crippen LogP contribution in [0.3, 0.4) is 0 Å². The molecule has 1 aromatic carbocycles. The number of rotatable bonds is 5. The van der Waals surface area contributed by atoms with Gasteiger partial charge in [0.2, 0.25) is 5.91 Å². The van der Waals surface area contributed by atoms with Gasteiger partial charge in [-0.15, -0.1) is 23.1 Å². The van der Waals surface area contributed by atoms with E-state index in [2.05, 4.69) is 23.3 Å². The van der Waals surface area contributed by atoms with E-state index in [1.165, 1.54) is 27.5 Å². The van der Waals surface area contributed by atoms with E-state index in [0.717, 1.165) is 34.6 Å². The van der Waals surface area contributed by atoms with Crippen molar-refractivity contribution >= 4 is 44.9 Å². The fourth-order valence-electron chi connectivity index (χ4n) is 3.63. The number of carbonyl (C=O) groups is 1. The summed E-state index contributed by atoms with van der Waals surface area (Å²) in [7, 11) is 0. The Morgan fingerprint density at radius 3 is 3.10 bits per heavy atom. The number of amides is 1. The molecule has 0 aliphatic heterocycles. The Labute approximate surface area is 176 Å². The Bertz CT molecular complexity index is 1180. The van der Waals surface area contributed by atoms with Crippen molar-refractivity contribution in [1.82, 2.24) is 9.55 Å². The number of fused-ring (bicyclic) bond motifs is 3. The molecule has 0 fully saturated rings. The van der Waals surface area contributed by atoms with Crippen molar-refractivity contribution in [3.05, 3.63) is 51.4 Å². The highest BCUT2D eigenvalue weighted by Gasteiger charge is 2.23. The summed E-state index contributed by atoms with van der Waals surface area (Å²) in [6.45, 7) is 2.14. The molecule has 0 radical (unpaired) electrons. The Morgan fingerprint density at radius 2 is 2.28 bits per heavy atom. The lowest BCUT2D eigenvalue weighted by atomic mass is 9.89. The summed E-state index contributed by atoms with van der Waals surface area (Å²) in [6.07, 6.45) is 4.43. The van der Waals surface area contributed by atoms with Crippen molar-refractivity contribution in [2.24, 2.45) is 5.92 Å². The number of benzene rings is 1. The van der Waals surface area contributed by atoms with Gasteiger partial charge in [0, 0.05) is 9.77 Å². The van der Waals surface area contributed by atoms with Crippen molar-refractivity contribution in [3.63, 3.8) is 0 Å². The summed E-state index contributed by atoms with van der Waals surface area (Å²) in [5.41, 5.74) is 1.61. The predicted molar refractivity (Wildman–Crippen MR) is 116 cm³/mol. The average molecular weight is 425 g/mol. The van der Waals surface area contributed by atoms with Crippen molar-refractivity contribution in [2.45, 2.75) is 37.6 Å². The van der Waals surface area contributed by atoms with Crippen LogP contribution in [0.1, 0.15) is 23.8 Å². The standard InChI is InChI=1S/C21H20N4O2S2/c1-13-6-7-14-17(10-13)29-20-19(14)21(27)25(12-23-20)11-18(26)24-15-4-2-3-5-16(15)28-9-8-22/h2-5,12-13H,6-7,9-11H2,1H3,(H,24,26). The van der Waals surface area contributed by atoms with Gasteiger partial charge in [-0.2, -0.15) is 5.26 Å². The SMILES string of the molecule is CC1CCc2c(sc3ncn(CC(=O)Nc4ccccc4SCC#N)c(=O)c23)C1. The van der Waals surface area contributed by atoms with Gasteiger partial charge in [-0.25, -0.2) is 4.98 Å². The number of thioether (sulfide) groups is 1. The Hall–Kier alpha value is -2.63. The number of anilines is 1. The number of thiophene rings is 1. The van der Waals surface area contributed by atoms with Gasteiger partial charge in [0.25, 0.3) is 5.56 Å². The van der Waals surface area contributed by atoms with Crippen molar-refractivity contribution in [2.75, 3.05) is 11.1 Å². The Kier molecular flexibility index (Phi) is 5.69. The number of nitrogens with zero attached hydrogens (tertiary/aromatic N) is 3. The highest BCUT2D eigenvalue weighted by Crippen LogP contribution is 2.35. The second kappa shape index (κ2) is 8.39. The molecule has 6 nitrogen and oxygen atoms in total. The molecule has 29 heavy (non-hydrogen) atoms. The van der Waals surface area contributed by atoms with Gasteiger partial charge in [0.15, 0.2) is 0 Å². The van der Waals surface area contributed by atoms with Crippen LogP contribution in [-0.4, -0.2) is 21.2 Å². The van der Waals surface area contributed by atoms with Gasteiger partial charge >= 0.3 is 0 Å². The number of hydrogen-bond donors (Lipinski definition) is 1. The molecule has 1 aliphatic carbocycles. The smallest absolute Gasteiger partial charge is 0.262 e. The zero-order valence-corrected chi connectivity index (χ0v) is 17.6. The Balaban J connectivity index is 1.57. The molecule has 2 aromatic heterocycles. The quantitative estimate of drug-likeness (QED) is 0.629. The van der Waals surface area contributed by atoms with Gasteiger partial charge < -0.3 is 5.32 Å².